The van der Waals surface area contributed by atoms with E-state index in [1.54, 1.807) is 37.4 Å². The highest BCUT2D eigenvalue weighted by molar-refractivity contribution is 7.92. The van der Waals surface area contributed by atoms with Crippen LogP contribution in [-0.4, -0.2) is 41.6 Å². The maximum atomic E-state index is 13.2. The summed E-state index contributed by atoms with van der Waals surface area (Å²) in [5.74, 6) is -0.754. The Hall–Kier alpha value is -3.59. The Balaban J connectivity index is 1.78. The van der Waals surface area contributed by atoms with Gasteiger partial charge in [-0.25, -0.2) is 22.3 Å². The highest BCUT2D eigenvalue weighted by Crippen LogP contribution is 2.27. The van der Waals surface area contributed by atoms with E-state index in [-0.39, 0.29) is 17.1 Å². The number of fused-ring (bicyclic) bond motifs is 1. The van der Waals surface area contributed by atoms with Crippen LogP contribution in [0.3, 0.4) is 0 Å². The molecule has 0 saturated carbocycles. The van der Waals surface area contributed by atoms with Gasteiger partial charge in [-0.15, -0.1) is 0 Å². The van der Waals surface area contributed by atoms with Crippen molar-refractivity contribution in [2.24, 2.45) is 0 Å². The predicted molar refractivity (Wildman–Crippen MR) is 116 cm³/mol. The number of carbonyl (C=O) groups is 1. The van der Waals surface area contributed by atoms with E-state index < -0.39 is 15.8 Å². The first-order chi connectivity index (χ1) is 14.8. The third kappa shape index (κ3) is 3.79. The molecule has 4 aromatic rings. The second kappa shape index (κ2) is 7.92. The van der Waals surface area contributed by atoms with E-state index in [0.717, 1.165) is 0 Å². The topological polar surface area (TPSA) is 84.6 Å². The summed E-state index contributed by atoms with van der Waals surface area (Å²) in [6.45, 7) is 1.59. The van der Waals surface area contributed by atoms with Crippen LogP contribution < -0.4 is 4.31 Å². The Labute approximate surface area is 178 Å². The summed E-state index contributed by atoms with van der Waals surface area (Å²) in [5, 5.41) is 4.33. The van der Waals surface area contributed by atoms with Crippen LogP contribution in [-0.2, 0) is 10.0 Å². The molecule has 31 heavy (non-hydrogen) atoms. The van der Waals surface area contributed by atoms with Crippen LogP contribution >= 0.6 is 0 Å². The number of hydrogen-bond donors (Lipinski definition) is 0. The van der Waals surface area contributed by atoms with Crippen LogP contribution in [0, 0.1) is 5.82 Å². The molecule has 4 rings (SSSR count). The quantitative estimate of drug-likeness (QED) is 0.430. The number of halogens is 1. The lowest BCUT2D eigenvalue weighted by atomic mass is 10.1. The zero-order valence-electron chi connectivity index (χ0n) is 16.9. The lowest BCUT2D eigenvalue weighted by molar-refractivity contribution is 0.104. The molecule has 0 atom stereocenters. The smallest absolute Gasteiger partial charge is 0.234 e. The molecule has 0 aliphatic rings. The molecule has 0 unspecified atom stereocenters. The molecular formula is C22H19FN4O3S. The minimum absolute atomic E-state index is 0.0127. The Morgan fingerprint density at radius 1 is 1.13 bits per heavy atom. The SMILES string of the molecule is CCS(=O)(=O)N(C)c1cccc(-c2ccnc3c(C(=O)c4ccc(F)cc4)cnn23)c1. The highest BCUT2D eigenvalue weighted by atomic mass is 32.2. The van der Waals surface area contributed by atoms with E-state index in [4.69, 9.17) is 0 Å². The number of ketones is 1. The van der Waals surface area contributed by atoms with E-state index in [0.29, 0.717) is 28.2 Å². The van der Waals surface area contributed by atoms with Gasteiger partial charge in [-0.2, -0.15) is 5.10 Å². The van der Waals surface area contributed by atoms with Gasteiger partial charge in [0, 0.05) is 24.4 Å². The highest BCUT2D eigenvalue weighted by Gasteiger charge is 2.19. The van der Waals surface area contributed by atoms with Crippen LogP contribution in [0.5, 0.6) is 0 Å². The third-order valence-corrected chi connectivity index (χ3v) is 6.81. The summed E-state index contributed by atoms with van der Waals surface area (Å²) in [6, 6.07) is 14.1. The van der Waals surface area contributed by atoms with Gasteiger partial charge in [0.05, 0.1) is 28.9 Å². The average molecular weight is 438 g/mol. The minimum Gasteiger partial charge on any atom is -0.288 e. The van der Waals surface area contributed by atoms with Crippen LogP contribution in [0.25, 0.3) is 16.9 Å². The van der Waals surface area contributed by atoms with Gasteiger partial charge < -0.3 is 0 Å². The van der Waals surface area contributed by atoms with Crippen molar-refractivity contribution in [3.63, 3.8) is 0 Å². The van der Waals surface area contributed by atoms with Crippen LogP contribution in [0.1, 0.15) is 22.8 Å². The van der Waals surface area contributed by atoms with Crippen LogP contribution in [0.2, 0.25) is 0 Å². The summed E-state index contributed by atoms with van der Waals surface area (Å²) in [4.78, 5) is 17.2. The zero-order chi connectivity index (χ0) is 22.2. The van der Waals surface area contributed by atoms with Gasteiger partial charge in [0.25, 0.3) is 0 Å². The normalized spacial score (nSPS) is 11.6. The molecule has 158 valence electrons. The first-order valence-electron chi connectivity index (χ1n) is 9.52. The first kappa shape index (κ1) is 20.7. The average Bonchev–Trinajstić information content (AvgIpc) is 3.23. The molecular weight excluding hydrogens is 419 g/mol. The number of carbonyl (C=O) groups excluding carboxylic acids is 1. The Morgan fingerprint density at radius 2 is 1.87 bits per heavy atom. The molecule has 0 aliphatic carbocycles. The number of anilines is 1. The zero-order valence-corrected chi connectivity index (χ0v) is 17.7. The van der Waals surface area contributed by atoms with Gasteiger partial charge in [0.1, 0.15) is 5.82 Å². The van der Waals surface area contributed by atoms with Gasteiger partial charge in [-0.3, -0.25) is 9.10 Å². The monoisotopic (exact) mass is 438 g/mol. The van der Waals surface area contributed by atoms with E-state index in [1.807, 2.05) is 6.07 Å². The van der Waals surface area contributed by atoms with Gasteiger partial charge in [0.2, 0.25) is 10.0 Å². The Bertz CT molecular complexity index is 1380. The molecule has 2 aromatic carbocycles. The minimum atomic E-state index is -3.41. The maximum absolute atomic E-state index is 13.2. The molecule has 0 fully saturated rings. The fraction of sp³-hybridized carbons (Fsp3) is 0.136. The Morgan fingerprint density at radius 3 is 2.58 bits per heavy atom. The fourth-order valence-electron chi connectivity index (χ4n) is 3.24. The summed E-state index contributed by atoms with van der Waals surface area (Å²) < 4.78 is 40.4. The first-order valence-corrected chi connectivity index (χ1v) is 11.1. The maximum Gasteiger partial charge on any atom is 0.234 e. The number of sulfonamides is 1. The second-order valence-corrected chi connectivity index (χ2v) is 9.17. The molecule has 0 spiro atoms. The lowest BCUT2D eigenvalue weighted by Crippen LogP contribution is -2.27. The van der Waals surface area contributed by atoms with Crippen molar-refractivity contribution in [2.45, 2.75) is 6.92 Å². The largest absolute Gasteiger partial charge is 0.288 e. The van der Waals surface area contributed by atoms with Crippen molar-refractivity contribution >= 4 is 27.1 Å². The number of benzene rings is 2. The molecule has 2 aromatic heterocycles. The van der Waals surface area contributed by atoms with Crippen molar-refractivity contribution in [3.05, 3.63) is 83.9 Å². The molecule has 0 aliphatic heterocycles. The molecule has 0 saturated heterocycles. The summed E-state index contributed by atoms with van der Waals surface area (Å²) in [6.07, 6.45) is 2.99. The van der Waals surface area contributed by atoms with Gasteiger partial charge in [-0.05, 0) is 49.4 Å². The van der Waals surface area contributed by atoms with E-state index in [1.165, 1.54) is 46.3 Å². The van der Waals surface area contributed by atoms with Crippen molar-refractivity contribution in [1.29, 1.82) is 0 Å². The van der Waals surface area contributed by atoms with Crippen molar-refractivity contribution < 1.29 is 17.6 Å². The molecule has 0 N–H and O–H groups in total. The third-order valence-electron chi connectivity index (χ3n) is 5.04. The van der Waals surface area contributed by atoms with Crippen molar-refractivity contribution in [2.75, 3.05) is 17.1 Å². The molecule has 2 heterocycles. The Kier molecular flexibility index (Phi) is 5.28. The fourth-order valence-corrected chi connectivity index (χ4v) is 4.06. The predicted octanol–water partition coefficient (Wildman–Crippen LogP) is 3.55. The molecule has 9 heteroatoms. The number of hydrogen-bond acceptors (Lipinski definition) is 5. The number of rotatable bonds is 6. The van der Waals surface area contributed by atoms with Gasteiger partial charge in [-0.1, -0.05) is 12.1 Å². The standard InChI is InChI=1S/C22H19FN4O3S/c1-3-31(29,30)26(2)18-6-4-5-16(13-18)20-11-12-24-22-19(14-25-27(20)22)21(28)15-7-9-17(23)10-8-15/h4-14H,3H2,1-2H3. The van der Waals surface area contributed by atoms with Crippen LogP contribution in [0.15, 0.2) is 67.0 Å². The van der Waals surface area contributed by atoms with E-state index in [9.17, 15) is 17.6 Å². The second-order valence-electron chi connectivity index (χ2n) is 6.88. The molecule has 0 radical (unpaired) electrons. The summed E-state index contributed by atoms with van der Waals surface area (Å²) in [5.41, 5.74) is 2.84. The number of aromatic nitrogens is 3. The molecule has 7 nitrogen and oxygen atoms in total. The molecule has 0 amide bonds. The van der Waals surface area contributed by atoms with Crippen molar-refractivity contribution in [3.8, 4) is 11.3 Å². The van der Waals surface area contributed by atoms with Crippen LogP contribution in [0.4, 0.5) is 10.1 Å². The van der Waals surface area contributed by atoms with Gasteiger partial charge >= 0.3 is 0 Å². The lowest BCUT2D eigenvalue weighted by Gasteiger charge is -2.19. The van der Waals surface area contributed by atoms with Gasteiger partial charge in [0.15, 0.2) is 11.4 Å². The number of nitrogens with zero attached hydrogens (tertiary/aromatic N) is 4. The van der Waals surface area contributed by atoms with Crippen molar-refractivity contribution in [1.82, 2.24) is 14.6 Å². The van der Waals surface area contributed by atoms with E-state index in [2.05, 4.69) is 10.1 Å². The van der Waals surface area contributed by atoms with E-state index >= 15 is 0 Å². The molecule has 0 bridgehead atoms. The summed E-state index contributed by atoms with van der Waals surface area (Å²) in [7, 11) is -1.90. The summed E-state index contributed by atoms with van der Waals surface area (Å²) >= 11 is 0.